The van der Waals surface area contributed by atoms with E-state index in [2.05, 4.69) is 20.9 Å². The number of rotatable bonds is 12. The van der Waals surface area contributed by atoms with Gasteiger partial charge in [0, 0.05) is 23.5 Å². The second kappa shape index (κ2) is 13.3. The number of para-hydroxylation sites is 1. The van der Waals surface area contributed by atoms with Crippen LogP contribution in [0.3, 0.4) is 0 Å². The SMILES string of the molecule is CC[C@H](C)[C@@H](NC(=O)[C@@H](Cc1c[nH]c2ccccc12)NC(=O)OC(C)(C)C)C(=O)N[C@@H](CC(C)C)C(N)=O. The number of primary amides is 1. The molecule has 2 aromatic rings. The van der Waals surface area contributed by atoms with E-state index in [-0.39, 0.29) is 18.3 Å². The third-order valence-corrected chi connectivity index (χ3v) is 6.27. The number of amides is 4. The number of hydrogen-bond donors (Lipinski definition) is 5. The lowest BCUT2D eigenvalue weighted by molar-refractivity contribution is -0.133. The van der Waals surface area contributed by atoms with Crippen LogP contribution < -0.4 is 21.7 Å². The summed E-state index contributed by atoms with van der Waals surface area (Å²) in [6, 6.07) is 4.83. The molecule has 0 aliphatic carbocycles. The Bertz CT molecular complexity index is 1120. The van der Waals surface area contributed by atoms with Gasteiger partial charge < -0.3 is 31.4 Å². The van der Waals surface area contributed by atoms with Crippen LogP contribution in [0.1, 0.15) is 66.9 Å². The molecular formula is C28H43N5O5. The lowest BCUT2D eigenvalue weighted by atomic mass is 9.96. The summed E-state index contributed by atoms with van der Waals surface area (Å²) in [6.07, 6.45) is 2.19. The Morgan fingerprint density at radius 1 is 0.974 bits per heavy atom. The number of ether oxygens (including phenoxy) is 1. The number of H-pyrrole nitrogens is 1. The van der Waals surface area contributed by atoms with Gasteiger partial charge in [0.2, 0.25) is 17.7 Å². The van der Waals surface area contributed by atoms with Crippen LogP contribution in [0.25, 0.3) is 10.9 Å². The highest BCUT2D eigenvalue weighted by molar-refractivity contribution is 5.94. The van der Waals surface area contributed by atoms with Crippen molar-refractivity contribution in [2.24, 2.45) is 17.6 Å². The van der Waals surface area contributed by atoms with E-state index in [0.717, 1.165) is 16.5 Å². The van der Waals surface area contributed by atoms with Crippen LogP contribution in [0, 0.1) is 11.8 Å². The number of alkyl carbamates (subject to hydrolysis) is 1. The Morgan fingerprint density at radius 3 is 2.21 bits per heavy atom. The van der Waals surface area contributed by atoms with Crippen LogP contribution >= 0.6 is 0 Å². The number of carbonyl (C=O) groups is 4. The Morgan fingerprint density at radius 2 is 1.63 bits per heavy atom. The number of hydrogen-bond acceptors (Lipinski definition) is 5. The van der Waals surface area contributed by atoms with Crippen molar-refractivity contribution in [2.75, 3.05) is 0 Å². The van der Waals surface area contributed by atoms with Crippen molar-refractivity contribution in [3.8, 4) is 0 Å². The maximum Gasteiger partial charge on any atom is 0.408 e. The second-order valence-electron chi connectivity index (χ2n) is 11.2. The van der Waals surface area contributed by atoms with E-state index in [4.69, 9.17) is 10.5 Å². The van der Waals surface area contributed by atoms with Crippen LogP contribution in [0.4, 0.5) is 4.79 Å². The first-order valence-electron chi connectivity index (χ1n) is 13.2. The minimum absolute atomic E-state index is 0.128. The minimum atomic E-state index is -1.02. The van der Waals surface area contributed by atoms with Crippen molar-refractivity contribution in [3.05, 3.63) is 36.0 Å². The Labute approximate surface area is 224 Å². The van der Waals surface area contributed by atoms with E-state index < -0.39 is 47.5 Å². The molecule has 0 radical (unpaired) electrons. The first kappa shape index (κ1) is 30.7. The maximum atomic E-state index is 13.6. The summed E-state index contributed by atoms with van der Waals surface area (Å²) in [5.74, 6) is -1.80. The molecule has 1 aromatic heterocycles. The molecule has 38 heavy (non-hydrogen) atoms. The predicted molar refractivity (Wildman–Crippen MR) is 147 cm³/mol. The van der Waals surface area contributed by atoms with E-state index in [0.29, 0.717) is 12.8 Å². The van der Waals surface area contributed by atoms with Gasteiger partial charge in [-0.05, 0) is 50.7 Å². The molecular weight excluding hydrogens is 486 g/mol. The highest BCUT2D eigenvalue weighted by Gasteiger charge is 2.33. The number of fused-ring (bicyclic) bond motifs is 1. The first-order chi connectivity index (χ1) is 17.7. The van der Waals surface area contributed by atoms with Crippen LogP contribution in [-0.4, -0.2) is 52.5 Å². The largest absolute Gasteiger partial charge is 0.444 e. The third kappa shape index (κ3) is 9.08. The molecule has 210 valence electrons. The summed E-state index contributed by atoms with van der Waals surface area (Å²) in [5.41, 5.74) is 6.48. The molecule has 0 aliphatic rings. The van der Waals surface area contributed by atoms with E-state index in [1.54, 1.807) is 27.0 Å². The molecule has 1 heterocycles. The number of nitrogens with two attached hydrogens (primary N) is 1. The molecule has 0 aliphatic heterocycles. The van der Waals surface area contributed by atoms with Crippen LogP contribution in [-0.2, 0) is 25.5 Å². The van der Waals surface area contributed by atoms with Crippen molar-refractivity contribution in [1.82, 2.24) is 20.9 Å². The minimum Gasteiger partial charge on any atom is -0.444 e. The highest BCUT2D eigenvalue weighted by Crippen LogP contribution is 2.20. The van der Waals surface area contributed by atoms with Gasteiger partial charge in [0.05, 0.1) is 0 Å². The summed E-state index contributed by atoms with van der Waals surface area (Å²) in [7, 11) is 0. The monoisotopic (exact) mass is 529 g/mol. The van der Waals surface area contributed by atoms with Gasteiger partial charge in [0.1, 0.15) is 23.7 Å². The number of aromatic amines is 1. The zero-order chi connectivity index (χ0) is 28.6. The quantitative estimate of drug-likeness (QED) is 0.286. The molecule has 4 amide bonds. The number of benzene rings is 1. The Hall–Kier alpha value is -3.56. The molecule has 0 spiro atoms. The third-order valence-electron chi connectivity index (χ3n) is 6.27. The fraction of sp³-hybridized carbons (Fsp3) is 0.571. The molecule has 0 fully saturated rings. The van der Waals surface area contributed by atoms with Crippen LogP contribution in [0.2, 0.25) is 0 Å². The fourth-order valence-corrected chi connectivity index (χ4v) is 4.11. The van der Waals surface area contributed by atoms with Gasteiger partial charge in [-0.1, -0.05) is 52.3 Å². The molecule has 0 bridgehead atoms. The molecule has 1 aromatic carbocycles. The van der Waals surface area contributed by atoms with Gasteiger partial charge in [-0.3, -0.25) is 14.4 Å². The zero-order valence-corrected chi connectivity index (χ0v) is 23.5. The van der Waals surface area contributed by atoms with E-state index in [1.807, 2.05) is 52.0 Å². The second-order valence-corrected chi connectivity index (χ2v) is 11.2. The van der Waals surface area contributed by atoms with Crippen molar-refractivity contribution < 1.29 is 23.9 Å². The summed E-state index contributed by atoms with van der Waals surface area (Å²) in [4.78, 5) is 54.6. The van der Waals surface area contributed by atoms with Gasteiger partial charge in [-0.15, -0.1) is 0 Å². The van der Waals surface area contributed by atoms with Gasteiger partial charge >= 0.3 is 6.09 Å². The number of nitrogens with one attached hydrogen (secondary N) is 4. The molecule has 0 unspecified atom stereocenters. The normalized spacial score (nSPS) is 14.8. The lowest BCUT2D eigenvalue weighted by Crippen LogP contribution is -2.58. The Balaban J connectivity index is 2.31. The lowest BCUT2D eigenvalue weighted by Gasteiger charge is -2.28. The number of carbonyl (C=O) groups excluding carboxylic acids is 4. The zero-order valence-electron chi connectivity index (χ0n) is 23.5. The van der Waals surface area contributed by atoms with Crippen molar-refractivity contribution >= 4 is 34.7 Å². The summed E-state index contributed by atoms with van der Waals surface area (Å²) in [6.45, 7) is 12.8. The Kier molecular flexibility index (Phi) is 10.7. The molecule has 4 atom stereocenters. The average molecular weight is 530 g/mol. The van der Waals surface area contributed by atoms with Gasteiger partial charge in [0.25, 0.3) is 0 Å². The van der Waals surface area contributed by atoms with Crippen LogP contribution in [0.5, 0.6) is 0 Å². The van der Waals surface area contributed by atoms with Gasteiger partial charge in [-0.2, -0.15) is 0 Å². The molecule has 6 N–H and O–H groups in total. The summed E-state index contributed by atoms with van der Waals surface area (Å²) < 4.78 is 5.39. The van der Waals surface area contributed by atoms with E-state index in [1.165, 1.54) is 0 Å². The maximum absolute atomic E-state index is 13.6. The van der Waals surface area contributed by atoms with Gasteiger partial charge in [0.15, 0.2) is 0 Å². The van der Waals surface area contributed by atoms with E-state index >= 15 is 0 Å². The molecule has 10 nitrogen and oxygen atoms in total. The highest BCUT2D eigenvalue weighted by atomic mass is 16.6. The molecule has 2 rings (SSSR count). The average Bonchev–Trinajstić information content (AvgIpc) is 3.22. The summed E-state index contributed by atoms with van der Waals surface area (Å²) >= 11 is 0. The topological polar surface area (TPSA) is 155 Å². The molecule has 10 heteroatoms. The standard InChI is InChI=1S/C28H43N5O5/c1-8-17(4)23(26(36)31-21(24(29)34)13-16(2)3)33-25(35)22(32-27(37)38-28(5,6)7)14-18-15-30-20-12-10-9-11-19(18)20/h9-12,15-17,21-23,30H,8,13-14H2,1-7H3,(H2,29,34)(H,31,36)(H,32,37)(H,33,35)/t17-,21-,22+,23+/m0/s1. The van der Waals surface area contributed by atoms with Crippen molar-refractivity contribution in [2.45, 2.75) is 91.5 Å². The predicted octanol–water partition coefficient (Wildman–Crippen LogP) is 3.15. The van der Waals surface area contributed by atoms with Crippen molar-refractivity contribution in [3.63, 3.8) is 0 Å². The van der Waals surface area contributed by atoms with Crippen molar-refractivity contribution in [1.29, 1.82) is 0 Å². The molecule has 0 saturated carbocycles. The number of aromatic nitrogens is 1. The smallest absolute Gasteiger partial charge is 0.408 e. The van der Waals surface area contributed by atoms with E-state index in [9.17, 15) is 19.2 Å². The van der Waals surface area contributed by atoms with Crippen LogP contribution in [0.15, 0.2) is 30.5 Å². The van der Waals surface area contributed by atoms with Gasteiger partial charge in [-0.25, -0.2) is 4.79 Å². The fourth-order valence-electron chi connectivity index (χ4n) is 4.11. The first-order valence-corrected chi connectivity index (χ1v) is 13.2. The molecule has 0 saturated heterocycles. The summed E-state index contributed by atoms with van der Waals surface area (Å²) in [5, 5.41) is 9.11.